The van der Waals surface area contributed by atoms with Gasteiger partial charge in [-0.25, -0.2) is 0 Å². The van der Waals surface area contributed by atoms with Crippen LogP contribution in [0.4, 0.5) is 0 Å². The van der Waals surface area contributed by atoms with Crippen molar-refractivity contribution in [2.24, 2.45) is 5.92 Å². The van der Waals surface area contributed by atoms with Crippen molar-refractivity contribution in [2.45, 2.75) is 25.7 Å². The molecule has 2 aliphatic heterocycles. The van der Waals surface area contributed by atoms with E-state index in [1.54, 1.807) is 0 Å². The van der Waals surface area contributed by atoms with Gasteiger partial charge in [-0.15, -0.1) is 0 Å². The van der Waals surface area contributed by atoms with Crippen LogP contribution in [-0.4, -0.2) is 18.0 Å². The number of rotatable bonds is 0. The van der Waals surface area contributed by atoms with Crippen molar-refractivity contribution in [3.63, 3.8) is 0 Å². The Balaban J connectivity index is 1.99. The molecule has 51 valence electrons. The van der Waals surface area contributed by atoms with Crippen LogP contribution < -0.4 is 0 Å². The van der Waals surface area contributed by atoms with E-state index in [1.165, 1.54) is 38.8 Å². The average Bonchev–Trinajstić information content (AvgIpc) is 2.09. The van der Waals surface area contributed by atoms with E-state index in [0.29, 0.717) is 0 Å². The number of hydrogen-bond acceptors (Lipinski definition) is 1. The summed E-state index contributed by atoms with van der Waals surface area (Å²) in [6, 6.07) is 0. The quantitative estimate of drug-likeness (QED) is 0.474. The van der Waals surface area contributed by atoms with Gasteiger partial charge in [0, 0.05) is 13.1 Å². The molecule has 2 aliphatic rings. The molecule has 0 aromatic rings. The van der Waals surface area contributed by atoms with E-state index in [2.05, 4.69) is 11.4 Å². The van der Waals surface area contributed by atoms with Gasteiger partial charge >= 0.3 is 0 Å². The molecule has 1 radical (unpaired) electrons. The number of nitrogens with zero attached hydrogens (tertiary/aromatic N) is 1. The van der Waals surface area contributed by atoms with Gasteiger partial charge in [0.15, 0.2) is 0 Å². The molecule has 0 aromatic carbocycles. The van der Waals surface area contributed by atoms with Crippen LogP contribution in [0.25, 0.3) is 0 Å². The Morgan fingerprint density at radius 1 is 1.33 bits per heavy atom. The molecule has 9 heavy (non-hydrogen) atoms. The van der Waals surface area contributed by atoms with E-state index in [9.17, 15) is 0 Å². The van der Waals surface area contributed by atoms with Crippen molar-refractivity contribution in [3.05, 3.63) is 6.54 Å². The largest absolute Gasteiger partial charge is 0.299 e. The van der Waals surface area contributed by atoms with Crippen LogP contribution >= 0.6 is 0 Å². The average molecular weight is 124 g/mol. The van der Waals surface area contributed by atoms with Crippen molar-refractivity contribution in [1.82, 2.24) is 4.90 Å². The van der Waals surface area contributed by atoms with Crippen LogP contribution in [0.1, 0.15) is 25.7 Å². The lowest BCUT2D eigenvalue weighted by Crippen LogP contribution is -2.14. The van der Waals surface area contributed by atoms with E-state index in [1.807, 2.05) is 0 Å². The minimum atomic E-state index is 1.05. The molecule has 2 rings (SSSR count). The SMILES string of the molecule is [CH]1CCCC2CCN1C2. The third kappa shape index (κ3) is 1.11. The lowest BCUT2D eigenvalue weighted by molar-refractivity contribution is 0.401. The molecular weight excluding hydrogens is 110 g/mol. The predicted molar refractivity (Wildman–Crippen MR) is 37.8 cm³/mol. The zero-order valence-electron chi connectivity index (χ0n) is 5.84. The van der Waals surface area contributed by atoms with Crippen molar-refractivity contribution >= 4 is 0 Å². The van der Waals surface area contributed by atoms with Crippen LogP contribution in [0.5, 0.6) is 0 Å². The molecular formula is C8H14N. The summed E-state index contributed by atoms with van der Waals surface area (Å²) in [4.78, 5) is 2.50. The fraction of sp³-hybridized carbons (Fsp3) is 0.875. The van der Waals surface area contributed by atoms with Gasteiger partial charge in [0.2, 0.25) is 0 Å². The molecule has 2 heterocycles. The van der Waals surface area contributed by atoms with Gasteiger partial charge in [0.05, 0.1) is 0 Å². The van der Waals surface area contributed by atoms with E-state index in [-0.39, 0.29) is 0 Å². The van der Waals surface area contributed by atoms with E-state index in [4.69, 9.17) is 0 Å². The summed E-state index contributed by atoms with van der Waals surface area (Å²) in [6.45, 7) is 5.09. The Hall–Kier alpha value is -0.0400. The minimum absolute atomic E-state index is 1.05. The molecule has 0 aromatic heterocycles. The topological polar surface area (TPSA) is 3.24 Å². The summed E-state index contributed by atoms with van der Waals surface area (Å²) in [5.74, 6) is 1.05. The first kappa shape index (κ1) is 5.72. The molecule has 1 heteroatoms. The second kappa shape index (κ2) is 2.30. The molecule has 0 aliphatic carbocycles. The monoisotopic (exact) mass is 124 g/mol. The first-order chi connectivity index (χ1) is 4.45. The Morgan fingerprint density at radius 2 is 2.33 bits per heavy atom. The molecule has 1 nitrogen and oxygen atoms in total. The molecule has 2 saturated heterocycles. The third-order valence-corrected chi connectivity index (χ3v) is 2.52. The van der Waals surface area contributed by atoms with Crippen LogP contribution in [0.15, 0.2) is 0 Å². The number of fused-ring (bicyclic) bond motifs is 2. The Labute approximate surface area is 57.0 Å². The Morgan fingerprint density at radius 3 is 3.33 bits per heavy atom. The Bertz CT molecular complexity index is 88.7. The first-order valence-corrected chi connectivity index (χ1v) is 4.02. The zero-order chi connectivity index (χ0) is 6.10. The third-order valence-electron chi connectivity index (χ3n) is 2.52. The van der Waals surface area contributed by atoms with Gasteiger partial charge in [-0.2, -0.15) is 0 Å². The maximum atomic E-state index is 2.50. The van der Waals surface area contributed by atoms with Gasteiger partial charge < -0.3 is 0 Å². The second-order valence-electron chi connectivity index (χ2n) is 3.26. The maximum absolute atomic E-state index is 2.50. The highest BCUT2D eigenvalue weighted by Gasteiger charge is 2.24. The zero-order valence-corrected chi connectivity index (χ0v) is 5.84. The maximum Gasteiger partial charge on any atom is 0.0251 e. The fourth-order valence-electron chi connectivity index (χ4n) is 1.94. The summed E-state index contributed by atoms with van der Waals surface area (Å²) < 4.78 is 0. The van der Waals surface area contributed by atoms with E-state index in [0.717, 1.165) is 5.92 Å². The minimum Gasteiger partial charge on any atom is -0.299 e. The number of hydrogen-bond donors (Lipinski definition) is 0. The molecule has 0 N–H and O–H groups in total. The summed E-state index contributed by atoms with van der Waals surface area (Å²) in [5, 5.41) is 0. The Kier molecular flexibility index (Phi) is 1.46. The molecule has 0 saturated carbocycles. The van der Waals surface area contributed by atoms with Crippen molar-refractivity contribution in [2.75, 3.05) is 13.1 Å². The molecule has 2 fully saturated rings. The van der Waals surface area contributed by atoms with Gasteiger partial charge in [-0.3, -0.25) is 4.90 Å². The normalized spacial score (nSPS) is 42.7. The summed E-state index contributed by atoms with van der Waals surface area (Å²) in [6.07, 6.45) is 5.70. The van der Waals surface area contributed by atoms with Crippen LogP contribution in [0.2, 0.25) is 0 Å². The highest BCUT2D eigenvalue weighted by atomic mass is 15.1. The second-order valence-corrected chi connectivity index (χ2v) is 3.26. The lowest BCUT2D eigenvalue weighted by Gasteiger charge is -2.10. The summed E-state index contributed by atoms with van der Waals surface area (Å²) in [5.41, 5.74) is 0. The fourth-order valence-corrected chi connectivity index (χ4v) is 1.94. The molecule has 2 bridgehead atoms. The highest BCUT2D eigenvalue weighted by molar-refractivity contribution is 4.84. The lowest BCUT2D eigenvalue weighted by atomic mass is 10.0. The molecule has 0 amide bonds. The molecule has 2 unspecified atom stereocenters. The predicted octanol–water partition coefficient (Wildman–Crippen LogP) is 1.65. The van der Waals surface area contributed by atoms with Crippen molar-refractivity contribution < 1.29 is 0 Å². The van der Waals surface area contributed by atoms with Crippen LogP contribution in [0.3, 0.4) is 0 Å². The van der Waals surface area contributed by atoms with E-state index < -0.39 is 0 Å². The van der Waals surface area contributed by atoms with Crippen molar-refractivity contribution in [3.8, 4) is 0 Å². The van der Waals surface area contributed by atoms with Gasteiger partial charge in [-0.05, 0) is 31.7 Å². The van der Waals surface area contributed by atoms with Gasteiger partial charge in [0.25, 0.3) is 0 Å². The standard InChI is InChI=1S/C8H14N/c1-2-5-9-6-4-8(3-1)7-9/h5,8H,1-4,6-7H2. The molecule has 0 spiro atoms. The van der Waals surface area contributed by atoms with Crippen LogP contribution in [-0.2, 0) is 0 Å². The highest BCUT2D eigenvalue weighted by Crippen LogP contribution is 2.27. The smallest absolute Gasteiger partial charge is 0.0251 e. The molecule has 2 atom stereocenters. The van der Waals surface area contributed by atoms with Crippen LogP contribution in [0, 0.1) is 12.5 Å². The summed E-state index contributed by atoms with van der Waals surface area (Å²) >= 11 is 0. The van der Waals surface area contributed by atoms with Gasteiger partial charge in [-0.1, -0.05) is 6.42 Å². The van der Waals surface area contributed by atoms with E-state index >= 15 is 0 Å². The van der Waals surface area contributed by atoms with Gasteiger partial charge in [0.1, 0.15) is 0 Å². The summed E-state index contributed by atoms with van der Waals surface area (Å²) in [7, 11) is 0. The van der Waals surface area contributed by atoms with Crippen molar-refractivity contribution in [1.29, 1.82) is 0 Å². The first-order valence-electron chi connectivity index (χ1n) is 4.02.